The summed E-state index contributed by atoms with van der Waals surface area (Å²) in [4.78, 5) is 15.8. The molecule has 1 saturated heterocycles. The molecule has 2 heterocycles. The van der Waals surface area contributed by atoms with Gasteiger partial charge in [-0.15, -0.1) is 0 Å². The quantitative estimate of drug-likeness (QED) is 0.796. The second kappa shape index (κ2) is 5.90. The largest absolute Gasteiger partial charge is 0.444 e. The van der Waals surface area contributed by atoms with Crippen LogP contribution in [0, 0.1) is 18.3 Å². The van der Waals surface area contributed by atoms with Crippen LogP contribution in [-0.2, 0) is 4.74 Å². The van der Waals surface area contributed by atoms with Gasteiger partial charge in [-0.05, 0) is 39.2 Å². The van der Waals surface area contributed by atoms with Crippen molar-refractivity contribution < 1.29 is 9.53 Å². The van der Waals surface area contributed by atoms with Gasteiger partial charge in [0.2, 0.25) is 0 Å². The minimum Gasteiger partial charge on any atom is -0.444 e. The summed E-state index contributed by atoms with van der Waals surface area (Å²) in [5, 5.41) is 10.1. The van der Waals surface area contributed by atoms with Crippen molar-refractivity contribution in [3.8, 4) is 6.07 Å². The maximum Gasteiger partial charge on any atom is 0.410 e. The van der Waals surface area contributed by atoms with Crippen molar-refractivity contribution in [3.05, 3.63) is 11.3 Å². The Balaban J connectivity index is 1.98. The molecule has 1 fully saturated rings. The van der Waals surface area contributed by atoms with Crippen molar-refractivity contribution in [3.63, 3.8) is 0 Å². The highest BCUT2D eigenvalue weighted by atomic mass is 32.1. The zero-order chi connectivity index (χ0) is 15.6. The average molecular weight is 308 g/mol. The number of carbonyl (C=O) groups is 1. The second-order valence-electron chi connectivity index (χ2n) is 6.01. The third-order valence-electron chi connectivity index (χ3n) is 3.18. The molecule has 2 rings (SSSR count). The Hall–Kier alpha value is -1.81. The Bertz CT molecular complexity index is 563. The number of nitriles is 1. The van der Waals surface area contributed by atoms with Gasteiger partial charge in [0.25, 0.3) is 0 Å². The van der Waals surface area contributed by atoms with Gasteiger partial charge in [-0.3, -0.25) is 0 Å². The number of ether oxygens (including phenoxy) is 1. The molecule has 0 N–H and O–H groups in total. The van der Waals surface area contributed by atoms with Gasteiger partial charge in [0.05, 0.1) is 5.69 Å². The van der Waals surface area contributed by atoms with Crippen LogP contribution in [0.4, 0.5) is 9.80 Å². The van der Waals surface area contributed by atoms with E-state index in [1.54, 1.807) is 4.90 Å². The third-order valence-corrected chi connectivity index (χ3v) is 4.18. The van der Waals surface area contributed by atoms with Crippen molar-refractivity contribution in [2.24, 2.45) is 0 Å². The summed E-state index contributed by atoms with van der Waals surface area (Å²) in [7, 11) is 0. The molecule has 0 saturated carbocycles. The molecule has 1 aliphatic rings. The molecular weight excluding hydrogens is 288 g/mol. The number of hydrogen-bond acceptors (Lipinski definition) is 6. The van der Waals surface area contributed by atoms with Crippen molar-refractivity contribution in [2.45, 2.75) is 33.3 Å². The molecule has 0 radical (unpaired) electrons. The molecule has 1 aromatic rings. The number of aryl methyl sites for hydroxylation is 1. The molecule has 1 amide bonds. The first kappa shape index (κ1) is 15.6. The number of rotatable bonds is 1. The van der Waals surface area contributed by atoms with Crippen LogP contribution in [0.1, 0.15) is 32.0 Å². The van der Waals surface area contributed by atoms with Crippen LogP contribution in [0.3, 0.4) is 0 Å². The van der Waals surface area contributed by atoms with E-state index in [-0.39, 0.29) is 6.09 Å². The first-order chi connectivity index (χ1) is 9.81. The molecule has 0 spiro atoms. The van der Waals surface area contributed by atoms with E-state index in [4.69, 9.17) is 4.74 Å². The fraction of sp³-hybridized carbons (Fsp3) is 0.643. The number of anilines is 1. The van der Waals surface area contributed by atoms with E-state index >= 15 is 0 Å². The van der Waals surface area contributed by atoms with Crippen molar-refractivity contribution >= 4 is 22.6 Å². The van der Waals surface area contributed by atoms with E-state index in [1.807, 2.05) is 27.7 Å². The van der Waals surface area contributed by atoms with Crippen LogP contribution in [0.2, 0.25) is 0 Å². The molecule has 0 bridgehead atoms. The fourth-order valence-electron chi connectivity index (χ4n) is 2.12. The van der Waals surface area contributed by atoms with Gasteiger partial charge in [0.15, 0.2) is 0 Å². The average Bonchev–Trinajstić information content (AvgIpc) is 2.78. The van der Waals surface area contributed by atoms with E-state index in [2.05, 4.69) is 15.3 Å². The van der Waals surface area contributed by atoms with E-state index in [0.29, 0.717) is 31.7 Å². The maximum atomic E-state index is 12.0. The zero-order valence-electron chi connectivity index (χ0n) is 12.8. The van der Waals surface area contributed by atoms with Crippen molar-refractivity contribution in [1.82, 2.24) is 9.27 Å². The summed E-state index contributed by atoms with van der Waals surface area (Å²) in [6, 6.07) is 2.21. The van der Waals surface area contributed by atoms with Crippen LogP contribution >= 0.6 is 11.5 Å². The number of piperazine rings is 1. The van der Waals surface area contributed by atoms with Crippen LogP contribution < -0.4 is 4.90 Å². The molecule has 0 atom stereocenters. The minimum absolute atomic E-state index is 0.275. The van der Waals surface area contributed by atoms with Gasteiger partial charge in [0.1, 0.15) is 22.2 Å². The van der Waals surface area contributed by atoms with Gasteiger partial charge in [-0.1, -0.05) is 0 Å². The minimum atomic E-state index is -0.475. The van der Waals surface area contributed by atoms with E-state index in [9.17, 15) is 10.1 Å². The molecule has 1 aromatic heterocycles. The molecule has 21 heavy (non-hydrogen) atoms. The summed E-state index contributed by atoms with van der Waals surface area (Å²) in [5.41, 5.74) is 0.939. The first-order valence-corrected chi connectivity index (χ1v) is 7.68. The van der Waals surface area contributed by atoms with Gasteiger partial charge >= 0.3 is 6.09 Å². The smallest absolute Gasteiger partial charge is 0.410 e. The van der Waals surface area contributed by atoms with E-state index in [0.717, 1.165) is 10.7 Å². The second-order valence-corrected chi connectivity index (χ2v) is 6.77. The topological polar surface area (TPSA) is 69.5 Å². The Morgan fingerprint density at radius 3 is 2.48 bits per heavy atom. The highest BCUT2D eigenvalue weighted by molar-refractivity contribution is 7.10. The molecule has 0 aromatic carbocycles. The lowest BCUT2D eigenvalue weighted by Crippen LogP contribution is -2.50. The van der Waals surface area contributed by atoms with E-state index in [1.165, 1.54) is 11.5 Å². The van der Waals surface area contributed by atoms with Crippen LogP contribution in [0.5, 0.6) is 0 Å². The van der Waals surface area contributed by atoms with Gasteiger partial charge < -0.3 is 14.5 Å². The van der Waals surface area contributed by atoms with Crippen LogP contribution in [0.15, 0.2) is 0 Å². The Morgan fingerprint density at radius 2 is 1.95 bits per heavy atom. The molecular formula is C14H20N4O2S. The maximum absolute atomic E-state index is 12.0. The number of nitrogens with zero attached hydrogens (tertiary/aromatic N) is 4. The zero-order valence-corrected chi connectivity index (χ0v) is 13.7. The van der Waals surface area contributed by atoms with Gasteiger partial charge in [-0.25, -0.2) is 4.79 Å². The first-order valence-electron chi connectivity index (χ1n) is 6.91. The molecule has 1 aliphatic heterocycles. The lowest BCUT2D eigenvalue weighted by atomic mass is 10.2. The monoisotopic (exact) mass is 308 g/mol. The summed E-state index contributed by atoms with van der Waals surface area (Å²) in [6.07, 6.45) is -0.275. The number of amides is 1. The Morgan fingerprint density at radius 1 is 1.33 bits per heavy atom. The third kappa shape index (κ3) is 3.64. The predicted octanol–water partition coefficient (Wildman–Crippen LogP) is 2.38. The highest BCUT2D eigenvalue weighted by Gasteiger charge is 2.27. The summed E-state index contributed by atoms with van der Waals surface area (Å²) in [5.74, 6) is 0. The van der Waals surface area contributed by atoms with Gasteiger partial charge in [-0.2, -0.15) is 9.64 Å². The van der Waals surface area contributed by atoms with Crippen LogP contribution in [-0.4, -0.2) is 47.1 Å². The van der Waals surface area contributed by atoms with Gasteiger partial charge in [0, 0.05) is 26.2 Å². The summed E-state index contributed by atoms with van der Waals surface area (Å²) in [6.45, 7) is 10.00. The van der Waals surface area contributed by atoms with Crippen molar-refractivity contribution in [1.29, 1.82) is 5.26 Å². The van der Waals surface area contributed by atoms with E-state index < -0.39 is 5.60 Å². The lowest BCUT2D eigenvalue weighted by Gasteiger charge is -2.36. The standard InChI is InChI=1S/C14H20N4O2S/c1-10-11(9-15)12(21-16-10)17-5-7-18(8-6-17)13(19)20-14(2,3)4/h5-8H2,1-4H3. The molecule has 6 nitrogen and oxygen atoms in total. The summed E-state index contributed by atoms with van der Waals surface area (Å²) >= 11 is 1.35. The Kier molecular flexibility index (Phi) is 4.37. The van der Waals surface area contributed by atoms with Crippen molar-refractivity contribution in [2.75, 3.05) is 31.1 Å². The SMILES string of the molecule is Cc1nsc(N2CCN(C(=O)OC(C)(C)C)CC2)c1C#N. The molecule has 114 valence electrons. The number of aromatic nitrogens is 1. The fourth-order valence-corrected chi connectivity index (χ4v) is 3.02. The van der Waals surface area contributed by atoms with Crippen LogP contribution in [0.25, 0.3) is 0 Å². The molecule has 0 aliphatic carbocycles. The predicted molar refractivity (Wildman–Crippen MR) is 81.6 cm³/mol. The highest BCUT2D eigenvalue weighted by Crippen LogP contribution is 2.28. The normalized spacial score (nSPS) is 15.8. The number of carbonyl (C=O) groups excluding carboxylic acids is 1. The Labute approximate surface area is 129 Å². The molecule has 0 unspecified atom stereocenters. The summed E-state index contributed by atoms with van der Waals surface area (Å²) < 4.78 is 9.61. The lowest BCUT2D eigenvalue weighted by molar-refractivity contribution is 0.0241. The molecule has 7 heteroatoms. The number of hydrogen-bond donors (Lipinski definition) is 0.